The summed E-state index contributed by atoms with van der Waals surface area (Å²) >= 11 is 11.8. The Hall–Kier alpha value is -2.62. The molecule has 0 atom stereocenters. The smallest absolute Gasteiger partial charge is 0.101 e. The van der Waals surface area contributed by atoms with Gasteiger partial charge in [0.25, 0.3) is 0 Å². The Labute approximate surface area is 181 Å². The third kappa shape index (κ3) is 4.21. The maximum atomic E-state index is 5.90. The summed E-state index contributed by atoms with van der Waals surface area (Å²) in [6.45, 7) is 1.54. The molecule has 29 heavy (non-hydrogen) atoms. The first-order valence-corrected chi connectivity index (χ1v) is 10.7. The lowest BCUT2D eigenvalue weighted by molar-refractivity contribution is 0.874. The quantitative estimate of drug-likeness (QED) is 0.209. The van der Waals surface area contributed by atoms with E-state index < -0.39 is 0 Å². The van der Waals surface area contributed by atoms with Crippen LogP contribution in [0.15, 0.2) is 83.0 Å². The zero-order valence-electron chi connectivity index (χ0n) is 15.9. The van der Waals surface area contributed by atoms with Gasteiger partial charge in [-0.1, -0.05) is 60.7 Å². The Morgan fingerprint density at radius 2 is 1.21 bits per heavy atom. The van der Waals surface area contributed by atoms with Gasteiger partial charge in [0.2, 0.25) is 0 Å². The molecule has 4 rings (SSSR count). The van der Waals surface area contributed by atoms with Gasteiger partial charge >= 0.3 is 0 Å². The molecule has 0 bridgehead atoms. The van der Waals surface area contributed by atoms with Crippen LogP contribution in [0, 0.1) is 0 Å². The van der Waals surface area contributed by atoms with E-state index in [1.807, 2.05) is 24.3 Å². The maximum absolute atomic E-state index is 5.90. The third-order valence-corrected chi connectivity index (χ3v) is 5.32. The van der Waals surface area contributed by atoms with E-state index in [9.17, 15) is 0 Å². The molecule has 1 aliphatic rings. The molecule has 0 aliphatic heterocycles. The van der Waals surface area contributed by atoms with Gasteiger partial charge in [0.1, 0.15) is 5.71 Å². The molecular formula is C24H21Cl2N3. The molecule has 0 fully saturated rings. The highest BCUT2D eigenvalue weighted by Gasteiger charge is 2.23. The van der Waals surface area contributed by atoms with Crippen LogP contribution in [0.4, 0.5) is 5.69 Å². The summed E-state index contributed by atoms with van der Waals surface area (Å²) in [5.74, 6) is 1.14. The van der Waals surface area contributed by atoms with E-state index in [-0.39, 0.29) is 0 Å². The summed E-state index contributed by atoms with van der Waals surface area (Å²) in [5, 5.41) is 8.93. The number of nitrogens with zero attached hydrogens (tertiary/aromatic N) is 3. The highest BCUT2D eigenvalue weighted by molar-refractivity contribution is 6.24. The van der Waals surface area contributed by atoms with Crippen molar-refractivity contribution in [3.05, 3.63) is 89.5 Å². The molecule has 0 saturated carbocycles. The van der Waals surface area contributed by atoms with Crippen LogP contribution in [-0.2, 0) is 0 Å². The number of anilines is 1. The van der Waals surface area contributed by atoms with Gasteiger partial charge in [0.05, 0.1) is 6.21 Å². The fourth-order valence-corrected chi connectivity index (χ4v) is 4.01. The van der Waals surface area contributed by atoms with Crippen molar-refractivity contribution in [1.29, 1.82) is 0 Å². The monoisotopic (exact) mass is 421 g/mol. The molecule has 5 heteroatoms. The Kier molecular flexibility index (Phi) is 6.28. The van der Waals surface area contributed by atoms with Gasteiger partial charge in [-0.3, -0.25) is 0 Å². The third-order valence-electron chi connectivity index (χ3n) is 4.99. The number of hydrogen-bond acceptors (Lipinski definition) is 3. The molecule has 0 saturated heterocycles. The zero-order chi connectivity index (χ0) is 20.1. The van der Waals surface area contributed by atoms with E-state index in [2.05, 4.69) is 63.6 Å². The van der Waals surface area contributed by atoms with Crippen molar-refractivity contribution < 1.29 is 0 Å². The van der Waals surface area contributed by atoms with Crippen molar-refractivity contribution in [3.63, 3.8) is 0 Å². The van der Waals surface area contributed by atoms with Gasteiger partial charge in [-0.25, -0.2) is 0 Å². The van der Waals surface area contributed by atoms with Gasteiger partial charge < -0.3 is 4.90 Å². The molecule has 0 aromatic heterocycles. The SMILES string of the molecule is ClCCN(CCCl)c1ccc(/C=N/N=C2c3ccccc3-c3ccccc32)cc1. The summed E-state index contributed by atoms with van der Waals surface area (Å²) in [7, 11) is 0. The first kappa shape index (κ1) is 19.7. The topological polar surface area (TPSA) is 28.0 Å². The van der Waals surface area contributed by atoms with Crippen molar-refractivity contribution >= 4 is 40.8 Å². The molecule has 0 N–H and O–H groups in total. The van der Waals surface area contributed by atoms with Crippen LogP contribution in [0.3, 0.4) is 0 Å². The standard InChI is InChI=1S/C24H21Cl2N3/c25-13-15-29(16-14-26)19-11-9-18(10-12-19)17-27-28-24-22-7-3-1-5-20(22)21-6-2-4-8-23(21)24/h1-12,17H,13-16H2/b27-17+. The Balaban J connectivity index is 1.56. The molecule has 146 valence electrons. The molecule has 1 aliphatic carbocycles. The minimum atomic E-state index is 0.570. The molecule has 0 radical (unpaired) electrons. The van der Waals surface area contributed by atoms with E-state index in [1.54, 1.807) is 6.21 Å². The van der Waals surface area contributed by atoms with Crippen LogP contribution in [0.2, 0.25) is 0 Å². The predicted octanol–water partition coefficient (Wildman–Crippen LogP) is 5.82. The number of rotatable bonds is 7. The van der Waals surface area contributed by atoms with Crippen LogP contribution in [-0.4, -0.2) is 36.8 Å². The minimum Gasteiger partial charge on any atom is -0.369 e. The predicted molar refractivity (Wildman–Crippen MR) is 125 cm³/mol. The molecular weight excluding hydrogens is 401 g/mol. The van der Waals surface area contributed by atoms with Crippen LogP contribution in [0.25, 0.3) is 11.1 Å². The molecule has 0 unspecified atom stereocenters. The van der Waals surface area contributed by atoms with Crippen LogP contribution < -0.4 is 4.90 Å². The van der Waals surface area contributed by atoms with Gasteiger partial charge in [-0.05, 0) is 28.8 Å². The molecule has 3 nitrogen and oxygen atoms in total. The summed E-state index contributed by atoms with van der Waals surface area (Å²) in [4.78, 5) is 2.17. The first-order valence-electron chi connectivity index (χ1n) is 9.59. The van der Waals surface area contributed by atoms with Crippen molar-refractivity contribution in [3.8, 4) is 11.1 Å². The Morgan fingerprint density at radius 3 is 1.72 bits per heavy atom. The summed E-state index contributed by atoms with van der Waals surface area (Å²) in [6, 6.07) is 24.8. The second-order valence-electron chi connectivity index (χ2n) is 6.74. The van der Waals surface area contributed by atoms with Crippen LogP contribution in [0.1, 0.15) is 16.7 Å². The van der Waals surface area contributed by atoms with Gasteiger partial charge in [-0.2, -0.15) is 5.10 Å². The lowest BCUT2D eigenvalue weighted by atomic mass is 10.1. The molecule has 0 spiro atoms. The summed E-state index contributed by atoms with van der Waals surface area (Å²) in [5.41, 5.74) is 7.68. The largest absolute Gasteiger partial charge is 0.369 e. The number of hydrogen-bond donors (Lipinski definition) is 0. The van der Waals surface area contributed by atoms with E-state index in [0.29, 0.717) is 11.8 Å². The van der Waals surface area contributed by atoms with Crippen molar-refractivity contribution in [2.45, 2.75) is 0 Å². The number of benzene rings is 3. The van der Waals surface area contributed by atoms with E-state index >= 15 is 0 Å². The lowest BCUT2D eigenvalue weighted by Crippen LogP contribution is -2.27. The summed E-state index contributed by atoms with van der Waals surface area (Å²) < 4.78 is 0. The fourth-order valence-electron chi connectivity index (χ4n) is 3.60. The minimum absolute atomic E-state index is 0.570. The number of alkyl halides is 2. The molecule has 0 amide bonds. The Morgan fingerprint density at radius 1 is 0.690 bits per heavy atom. The van der Waals surface area contributed by atoms with Gasteiger partial charge in [-0.15, -0.1) is 28.3 Å². The second kappa shape index (κ2) is 9.25. The van der Waals surface area contributed by atoms with Crippen LogP contribution >= 0.6 is 23.2 Å². The summed E-state index contributed by atoms with van der Waals surface area (Å²) in [6.07, 6.45) is 1.79. The van der Waals surface area contributed by atoms with E-state index in [1.165, 1.54) is 11.1 Å². The van der Waals surface area contributed by atoms with E-state index in [4.69, 9.17) is 23.2 Å². The average Bonchev–Trinajstić information content (AvgIpc) is 3.08. The number of fused-ring (bicyclic) bond motifs is 3. The average molecular weight is 422 g/mol. The second-order valence-corrected chi connectivity index (χ2v) is 7.50. The number of halogens is 2. The van der Waals surface area contributed by atoms with Crippen molar-refractivity contribution in [2.24, 2.45) is 10.2 Å². The molecule has 3 aromatic rings. The van der Waals surface area contributed by atoms with Crippen molar-refractivity contribution in [2.75, 3.05) is 29.7 Å². The fraction of sp³-hybridized carbons (Fsp3) is 0.167. The Bertz CT molecular complexity index is 989. The lowest BCUT2D eigenvalue weighted by Gasteiger charge is -2.22. The molecule has 3 aromatic carbocycles. The highest BCUT2D eigenvalue weighted by Crippen LogP contribution is 2.36. The van der Waals surface area contributed by atoms with Crippen molar-refractivity contribution in [1.82, 2.24) is 0 Å². The first-order chi connectivity index (χ1) is 14.3. The van der Waals surface area contributed by atoms with Gasteiger partial charge in [0.15, 0.2) is 0 Å². The highest BCUT2D eigenvalue weighted by atomic mass is 35.5. The van der Waals surface area contributed by atoms with E-state index in [0.717, 1.165) is 41.2 Å². The molecule has 0 heterocycles. The normalized spacial score (nSPS) is 12.1. The zero-order valence-corrected chi connectivity index (χ0v) is 17.4. The maximum Gasteiger partial charge on any atom is 0.101 e. The van der Waals surface area contributed by atoms with Crippen LogP contribution in [0.5, 0.6) is 0 Å². The van der Waals surface area contributed by atoms with Gasteiger partial charge in [0, 0.05) is 41.7 Å².